The molecule has 0 aliphatic carbocycles. The molecule has 0 radical (unpaired) electrons. The molecule has 1 spiro atoms. The Kier molecular flexibility index (Phi) is 5.29. The molecule has 2 aliphatic heterocycles. The Morgan fingerprint density at radius 2 is 1.62 bits per heavy atom. The average Bonchev–Trinajstić information content (AvgIpc) is 3.13. The number of nitrogens with zero attached hydrogens (tertiary/aromatic N) is 3. The summed E-state index contributed by atoms with van der Waals surface area (Å²) in [5, 5.41) is 0.976. The molecule has 0 atom stereocenters. The summed E-state index contributed by atoms with van der Waals surface area (Å²) < 4.78 is 22.8. The van der Waals surface area contributed by atoms with Crippen LogP contribution in [0.15, 0.2) is 12.1 Å². The van der Waals surface area contributed by atoms with E-state index < -0.39 is 5.79 Å². The third kappa shape index (κ3) is 4.12. The van der Waals surface area contributed by atoms with Gasteiger partial charge in [-0.15, -0.1) is 0 Å². The van der Waals surface area contributed by atoms with E-state index >= 15 is 0 Å². The summed E-state index contributed by atoms with van der Waals surface area (Å²) in [4.78, 5) is 12.2. The highest BCUT2D eigenvalue weighted by atomic mass is 16.7. The van der Waals surface area contributed by atoms with E-state index in [1.165, 1.54) is 0 Å². The molecule has 2 aliphatic rings. The van der Waals surface area contributed by atoms with Crippen molar-refractivity contribution in [3.63, 3.8) is 0 Å². The molecule has 2 fully saturated rings. The van der Waals surface area contributed by atoms with Crippen LogP contribution in [0, 0.1) is 5.41 Å². The van der Waals surface area contributed by atoms with E-state index in [0.717, 1.165) is 54.9 Å². The van der Waals surface area contributed by atoms with Crippen LogP contribution < -0.4 is 14.4 Å². The van der Waals surface area contributed by atoms with Crippen molar-refractivity contribution < 1.29 is 18.9 Å². The highest BCUT2D eigenvalue weighted by Gasteiger charge is 2.40. The number of benzene rings is 1. The van der Waals surface area contributed by atoms with Crippen LogP contribution in [0.5, 0.6) is 11.5 Å². The van der Waals surface area contributed by atoms with Crippen molar-refractivity contribution in [2.45, 2.75) is 45.8 Å². The molecule has 1 aromatic heterocycles. The third-order valence-electron chi connectivity index (χ3n) is 5.55. The molecule has 0 bridgehead atoms. The molecule has 2 aromatic rings. The number of hydrogen-bond donors (Lipinski definition) is 0. The highest BCUT2D eigenvalue weighted by molar-refractivity contribution is 5.92. The minimum atomic E-state index is -0.408. The lowest BCUT2D eigenvalue weighted by molar-refractivity contribution is -0.169. The number of methoxy groups -OCH3 is 2. The first-order valence-electron chi connectivity index (χ1n) is 10.3. The van der Waals surface area contributed by atoms with Crippen molar-refractivity contribution in [2.75, 3.05) is 45.4 Å². The Labute approximate surface area is 172 Å². The van der Waals surface area contributed by atoms with Gasteiger partial charge in [-0.25, -0.2) is 9.97 Å². The Hall–Kier alpha value is -2.12. The number of ether oxygens (including phenoxy) is 4. The molecule has 4 rings (SSSR count). The minimum absolute atomic E-state index is 0.0962. The van der Waals surface area contributed by atoms with E-state index in [1.807, 2.05) is 12.1 Å². The van der Waals surface area contributed by atoms with Gasteiger partial charge in [0.15, 0.2) is 17.3 Å². The lowest BCUT2D eigenvalue weighted by atomic mass is 9.92. The van der Waals surface area contributed by atoms with Crippen LogP contribution in [0.1, 0.15) is 39.4 Å². The van der Waals surface area contributed by atoms with Gasteiger partial charge >= 0.3 is 0 Å². The maximum Gasteiger partial charge on any atom is 0.171 e. The van der Waals surface area contributed by atoms with Crippen LogP contribution >= 0.6 is 0 Å². The van der Waals surface area contributed by atoms with Crippen LogP contribution in [0.4, 0.5) is 5.82 Å². The molecule has 0 saturated carbocycles. The first-order valence-corrected chi connectivity index (χ1v) is 10.3. The Morgan fingerprint density at radius 1 is 1.00 bits per heavy atom. The first-order chi connectivity index (χ1) is 13.8. The van der Waals surface area contributed by atoms with Crippen molar-refractivity contribution in [3.8, 4) is 11.5 Å². The topological polar surface area (TPSA) is 65.9 Å². The summed E-state index contributed by atoms with van der Waals surface area (Å²) in [6.07, 6.45) is 2.47. The largest absolute Gasteiger partial charge is 0.493 e. The van der Waals surface area contributed by atoms with Crippen molar-refractivity contribution in [3.05, 3.63) is 18.0 Å². The summed E-state index contributed by atoms with van der Waals surface area (Å²) in [5.74, 6) is 2.75. The van der Waals surface area contributed by atoms with E-state index in [0.29, 0.717) is 24.7 Å². The highest BCUT2D eigenvalue weighted by Crippen LogP contribution is 2.38. The standard InChI is InChI=1S/C22H31N3O4/c1-21(2,3)14-19-23-16-13-18(27-5)17(26-4)12-15(16)20(24-19)25-8-6-22(7-9-25)28-10-11-29-22/h12-13H,6-11,14H2,1-5H3. The van der Waals surface area contributed by atoms with E-state index in [2.05, 4.69) is 25.7 Å². The Bertz CT molecular complexity index is 878. The number of piperidine rings is 1. The third-order valence-corrected chi connectivity index (χ3v) is 5.55. The fourth-order valence-electron chi connectivity index (χ4n) is 4.13. The molecule has 158 valence electrons. The Morgan fingerprint density at radius 3 is 2.21 bits per heavy atom. The van der Waals surface area contributed by atoms with E-state index in [9.17, 15) is 0 Å². The van der Waals surface area contributed by atoms with Gasteiger partial charge in [-0.05, 0) is 11.5 Å². The summed E-state index contributed by atoms with van der Waals surface area (Å²) >= 11 is 0. The predicted molar refractivity (Wildman–Crippen MR) is 112 cm³/mol. The van der Waals surface area contributed by atoms with E-state index in [-0.39, 0.29) is 5.41 Å². The van der Waals surface area contributed by atoms with Crippen molar-refractivity contribution in [1.82, 2.24) is 9.97 Å². The zero-order valence-electron chi connectivity index (χ0n) is 18.1. The molecule has 3 heterocycles. The van der Waals surface area contributed by atoms with Crippen LogP contribution in [0.25, 0.3) is 10.9 Å². The van der Waals surface area contributed by atoms with Crippen molar-refractivity contribution in [1.29, 1.82) is 0 Å². The molecule has 0 unspecified atom stereocenters. The van der Waals surface area contributed by atoms with Crippen LogP contribution in [-0.4, -0.2) is 56.3 Å². The monoisotopic (exact) mass is 401 g/mol. The van der Waals surface area contributed by atoms with Gasteiger partial charge in [-0.1, -0.05) is 20.8 Å². The maximum absolute atomic E-state index is 5.89. The van der Waals surface area contributed by atoms with Gasteiger partial charge in [0.25, 0.3) is 0 Å². The minimum Gasteiger partial charge on any atom is -0.493 e. The zero-order valence-corrected chi connectivity index (χ0v) is 18.1. The molecule has 0 amide bonds. The first kappa shape index (κ1) is 20.2. The van der Waals surface area contributed by atoms with Crippen LogP contribution in [0.3, 0.4) is 0 Å². The van der Waals surface area contributed by atoms with Gasteiger partial charge in [0.1, 0.15) is 11.6 Å². The number of rotatable bonds is 4. The SMILES string of the molecule is COc1cc2nc(CC(C)(C)C)nc(N3CCC4(CC3)OCCO4)c2cc1OC. The molecule has 29 heavy (non-hydrogen) atoms. The Balaban J connectivity index is 1.75. The number of anilines is 1. The number of fused-ring (bicyclic) bond motifs is 1. The van der Waals surface area contributed by atoms with Gasteiger partial charge < -0.3 is 23.8 Å². The second-order valence-electron chi connectivity index (χ2n) is 9.02. The lowest BCUT2D eigenvalue weighted by Crippen LogP contribution is -2.45. The smallest absolute Gasteiger partial charge is 0.171 e. The predicted octanol–water partition coefficient (Wildman–Crippen LogP) is 3.58. The summed E-state index contributed by atoms with van der Waals surface area (Å²) in [6.45, 7) is 9.63. The average molecular weight is 402 g/mol. The number of hydrogen-bond acceptors (Lipinski definition) is 7. The van der Waals surface area contributed by atoms with Gasteiger partial charge in [-0.3, -0.25) is 0 Å². The zero-order chi connectivity index (χ0) is 20.6. The van der Waals surface area contributed by atoms with Crippen LogP contribution in [0.2, 0.25) is 0 Å². The second-order valence-corrected chi connectivity index (χ2v) is 9.02. The molecule has 1 aromatic carbocycles. The lowest BCUT2D eigenvalue weighted by Gasteiger charge is -2.38. The van der Waals surface area contributed by atoms with Crippen molar-refractivity contribution >= 4 is 16.7 Å². The molecular formula is C22H31N3O4. The van der Waals surface area contributed by atoms with Gasteiger partial charge in [0.05, 0.1) is 33.0 Å². The van der Waals surface area contributed by atoms with E-state index in [1.54, 1.807) is 14.2 Å². The van der Waals surface area contributed by atoms with Crippen molar-refractivity contribution in [2.24, 2.45) is 5.41 Å². The second kappa shape index (κ2) is 7.61. The molecule has 7 heteroatoms. The van der Waals surface area contributed by atoms with E-state index in [4.69, 9.17) is 28.9 Å². The molecule has 0 N–H and O–H groups in total. The quantitative estimate of drug-likeness (QED) is 0.776. The maximum atomic E-state index is 5.89. The molecule has 7 nitrogen and oxygen atoms in total. The fourth-order valence-corrected chi connectivity index (χ4v) is 4.13. The number of aromatic nitrogens is 2. The fraction of sp³-hybridized carbons (Fsp3) is 0.636. The van der Waals surface area contributed by atoms with Gasteiger partial charge in [0.2, 0.25) is 0 Å². The normalized spacial score (nSPS) is 19.1. The van der Waals surface area contributed by atoms with Gasteiger partial charge in [0, 0.05) is 43.8 Å². The summed E-state index contributed by atoms with van der Waals surface area (Å²) in [6, 6.07) is 3.93. The van der Waals surface area contributed by atoms with Gasteiger partial charge in [-0.2, -0.15) is 0 Å². The molecule has 2 saturated heterocycles. The molecular weight excluding hydrogens is 370 g/mol. The van der Waals surface area contributed by atoms with Crippen LogP contribution in [-0.2, 0) is 15.9 Å². The summed E-state index contributed by atoms with van der Waals surface area (Å²) in [7, 11) is 3.30. The summed E-state index contributed by atoms with van der Waals surface area (Å²) in [5.41, 5.74) is 0.972.